The predicted molar refractivity (Wildman–Crippen MR) is 77.0 cm³/mol. The monoisotopic (exact) mass is 287 g/mol. The zero-order valence-corrected chi connectivity index (χ0v) is 11.6. The number of rotatable bonds is 2. The molecule has 0 aliphatic carbocycles. The number of hydrogen-bond acceptors (Lipinski definition) is 5. The maximum absolute atomic E-state index is 11.8. The Kier molecular flexibility index (Phi) is 2.87. The van der Waals surface area contributed by atoms with Gasteiger partial charge in [-0.2, -0.15) is 5.10 Å². The lowest BCUT2D eigenvalue weighted by molar-refractivity contribution is 0.189. The fourth-order valence-corrected chi connectivity index (χ4v) is 3.24. The molecule has 2 aromatic rings. The summed E-state index contributed by atoms with van der Waals surface area (Å²) in [7, 11) is 0. The minimum Gasteiger partial charge on any atom is -0.354 e. The Bertz CT molecular complexity index is 669. The van der Waals surface area contributed by atoms with Crippen LogP contribution < -0.4 is 10.2 Å². The van der Waals surface area contributed by atoms with Crippen LogP contribution in [0.1, 0.15) is 12.8 Å². The average molecular weight is 287 g/mol. The lowest BCUT2D eigenvalue weighted by Crippen LogP contribution is -2.49. The molecule has 2 N–H and O–H groups in total. The molecule has 4 heterocycles. The van der Waals surface area contributed by atoms with E-state index in [1.54, 1.807) is 12.5 Å². The van der Waals surface area contributed by atoms with Crippen LogP contribution in [0.25, 0.3) is 11.0 Å². The molecule has 0 bridgehead atoms. The maximum atomic E-state index is 11.8. The number of piperidine rings is 1. The van der Waals surface area contributed by atoms with Gasteiger partial charge in [0.15, 0.2) is 5.65 Å². The quantitative estimate of drug-likeness (QED) is 0.831. The van der Waals surface area contributed by atoms with E-state index < -0.39 is 0 Å². The summed E-state index contributed by atoms with van der Waals surface area (Å²) in [5.41, 5.74) is 0.751. The molecule has 4 rings (SSSR count). The number of aromatic nitrogens is 4. The number of hydrogen-bond donors (Lipinski definition) is 2. The van der Waals surface area contributed by atoms with Crippen LogP contribution in [-0.2, 0) is 0 Å². The number of urea groups is 1. The summed E-state index contributed by atoms with van der Waals surface area (Å²) in [5, 5.41) is 10.7. The number of carbonyl (C=O) groups excluding carboxylic acids is 1. The van der Waals surface area contributed by atoms with Gasteiger partial charge in [-0.05, 0) is 12.8 Å². The van der Waals surface area contributed by atoms with Gasteiger partial charge in [-0.15, -0.1) is 0 Å². The van der Waals surface area contributed by atoms with Crippen molar-refractivity contribution in [2.24, 2.45) is 0 Å². The van der Waals surface area contributed by atoms with E-state index >= 15 is 0 Å². The Labute approximate surface area is 121 Å². The topological polar surface area (TPSA) is 90.0 Å². The molecule has 1 atom stereocenters. The molecule has 2 aromatic heterocycles. The molecule has 21 heavy (non-hydrogen) atoms. The Morgan fingerprint density at radius 2 is 2.24 bits per heavy atom. The van der Waals surface area contributed by atoms with Crippen LogP contribution in [0.5, 0.6) is 0 Å². The van der Waals surface area contributed by atoms with Crippen LogP contribution in [-0.4, -0.2) is 63.3 Å². The molecule has 1 unspecified atom stereocenters. The van der Waals surface area contributed by atoms with Crippen molar-refractivity contribution in [2.75, 3.05) is 31.1 Å². The summed E-state index contributed by atoms with van der Waals surface area (Å²) < 4.78 is 0. The van der Waals surface area contributed by atoms with E-state index in [0.717, 1.165) is 55.9 Å². The van der Waals surface area contributed by atoms with Gasteiger partial charge < -0.3 is 15.1 Å². The van der Waals surface area contributed by atoms with E-state index in [0.29, 0.717) is 0 Å². The molecule has 0 spiro atoms. The van der Waals surface area contributed by atoms with Crippen molar-refractivity contribution >= 4 is 22.9 Å². The number of nitrogens with zero attached hydrogens (tertiary/aromatic N) is 5. The molecule has 110 valence electrons. The SMILES string of the molecule is O=C1NCCN1C1CCCN(c2ncnc3[nH]ncc23)C1. The average Bonchev–Trinajstić information content (AvgIpc) is 3.15. The van der Waals surface area contributed by atoms with Gasteiger partial charge >= 0.3 is 6.03 Å². The van der Waals surface area contributed by atoms with Gasteiger partial charge in [0.25, 0.3) is 0 Å². The van der Waals surface area contributed by atoms with Gasteiger partial charge in [-0.1, -0.05) is 0 Å². The zero-order chi connectivity index (χ0) is 14.2. The molecule has 0 saturated carbocycles. The van der Waals surface area contributed by atoms with Crippen LogP contribution in [0.15, 0.2) is 12.5 Å². The smallest absolute Gasteiger partial charge is 0.317 e. The van der Waals surface area contributed by atoms with Crippen LogP contribution in [0.3, 0.4) is 0 Å². The van der Waals surface area contributed by atoms with E-state index in [1.807, 2.05) is 4.90 Å². The number of aromatic amines is 1. The highest BCUT2D eigenvalue weighted by molar-refractivity contribution is 5.86. The number of nitrogens with one attached hydrogen (secondary N) is 2. The third-order valence-electron chi connectivity index (χ3n) is 4.25. The number of anilines is 1. The zero-order valence-electron chi connectivity index (χ0n) is 11.6. The van der Waals surface area contributed by atoms with Crippen molar-refractivity contribution in [3.8, 4) is 0 Å². The van der Waals surface area contributed by atoms with E-state index in [2.05, 4.69) is 30.4 Å². The summed E-state index contributed by atoms with van der Waals surface area (Å²) in [6, 6.07) is 0.302. The molecule has 8 heteroatoms. The minimum absolute atomic E-state index is 0.0537. The highest BCUT2D eigenvalue weighted by Gasteiger charge is 2.32. The normalized spacial score (nSPS) is 22.9. The summed E-state index contributed by atoms with van der Waals surface area (Å²) in [4.78, 5) is 24.6. The van der Waals surface area contributed by atoms with Gasteiger partial charge in [0.05, 0.1) is 17.6 Å². The molecular weight excluding hydrogens is 270 g/mol. The van der Waals surface area contributed by atoms with Crippen LogP contribution >= 0.6 is 0 Å². The van der Waals surface area contributed by atoms with Crippen LogP contribution in [0.4, 0.5) is 10.6 Å². The molecule has 8 nitrogen and oxygen atoms in total. The van der Waals surface area contributed by atoms with Crippen molar-refractivity contribution in [1.82, 2.24) is 30.4 Å². The maximum Gasteiger partial charge on any atom is 0.317 e. The summed E-state index contributed by atoms with van der Waals surface area (Å²) in [6.45, 7) is 3.30. The Morgan fingerprint density at radius 1 is 1.29 bits per heavy atom. The second-order valence-corrected chi connectivity index (χ2v) is 5.50. The molecule has 2 saturated heterocycles. The van der Waals surface area contributed by atoms with Crippen molar-refractivity contribution < 1.29 is 4.79 Å². The molecule has 2 aliphatic heterocycles. The molecule has 0 aromatic carbocycles. The largest absolute Gasteiger partial charge is 0.354 e. The number of carbonyl (C=O) groups is 1. The fourth-order valence-electron chi connectivity index (χ4n) is 3.24. The number of fused-ring (bicyclic) bond motifs is 1. The Balaban J connectivity index is 1.60. The number of H-pyrrole nitrogens is 1. The second kappa shape index (κ2) is 4.87. The number of amides is 2. The van der Waals surface area contributed by atoms with E-state index in [-0.39, 0.29) is 12.1 Å². The van der Waals surface area contributed by atoms with Gasteiger partial charge in [0.1, 0.15) is 12.1 Å². The van der Waals surface area contributed by atoms with Crippen molar-refractivity contribution in [3.05, 3.63) is 12.5 Å². The van der Waals surface area contributed by atoms with E-state index in [4.69, 9.17) is 0 Å². The highest BCUT2D eigenvalue weighted by Crippen LogP contribution is 2.26. The molecule has 2 fully saturated rings. The third-order valence-corrected chi connectivity index (χ3v) is 4.25. The van der Waals surface area contributed by atoms with E-state index in [1.165, 1.54) is 0 Å². The standard InChI is InChI=1S/C13H17N7O/c21-13-14-3-5-20(13)9-2-1-4-19(7-9)12-10-6-17-18-11(10)15-8-16-12/h6,8-9H,1-5,7H2,(H,14,21)(H,15,16,17,18). The summed E-state index contributed by atoms with van der Waals surface area (Å²) in [5.74, 6) is 0.901. The first-order chi connectivity index (χ1) is 10.3. The van der Waals surface area contributed by atoms with Gasteiger partial charge in [0.2, 0.25) is 0 Å². The first kappa shape index (κ1) is 12.4. The summed E-state index contributed by atoms with van der Waals surface area (Å²) >= 11 is 0. The lowest BCUT2D eigenvalue weighted by atomic mass is 10.0. The summed E-state index contributed by atoms with van der Waals surface area (Å²) in [6.07, 6.45) is 5.42. The Hall–Kier alpha value is -2.38. The molecular formula is C13H17N7O. The van der Waals surface area contributed by atoms with Crippen molar-refractivity contribution in [3.63, 3.8) is 0 Å². The lowest BCUT2D eigenvalue weighted by Gasteiger charge is -2.37. The predicted octanol–water partition coefficient (Wildman–Crippen LogP) is 0.347. The Morgan fingerprint density at radius 3 is 3.10 bits per heavy atom. The van der Waals surface area contributed by atoms with Crippen molar-refractivity contribution in [2.45, 2.75) is 18.9 Å². The first-order valence-corrected chi connectivity index (χ1v) is 7.26. The molecule has 2 aliphatic rings. The first-order valence-electron chi connectivity index (χ1n) is 7.26. The van der Waals surface area contributed by atoms with Crippen LogP contribution in [0, 0.1) is 0 Å². The fraction of sp³-hybridized carbons (Fsp3) is 0.538. The minimum atomic E-state index is 0.0537. The van der Waals surface area contributed by atoms with Gasteiger partial charge in [0, 0.05) is 26.2 Å². The third kappa shape index (κ3) is 2.07. The highest BCUT2D eigenvalue weighted by atomic mass is 16.2. The van der Waals surface area contributed by atoms with E-state index in [9.17, 15) is 4.79 Å². The molecule has 2 amide bonds. The van der Waals surface area contributed by atoms with Crippen molar-refractivity contribution in [1.29, 1.82) is 0 Å². The van der Waals surface area contributed by atoms with Gasteiger partial charge in [-0.3, -0.25) is 5.10 Å². The second-order valence-electron chi connectivity index (χ2n) is 5.50. The van der Waals surface area contributed by atoms with Crippen LogP contribution in [0.2, 0.25) is 0 Å². The molecule has 0 radical (unpaired) electrons. The van der Waals surface area contributed by atoms with Gasteiger partial charge in [-0.25, -0.2) is 14.8 Å².